The van der Waals surface area contributed by atoms with Gasteiger partial charge in [-0.3, -0.25) is 14.7 Å². The van der Waals surface area contributed by atoms with Crippen molar-refractivity contribution < 1.29 is 14.7 Å². The van der Waals surface area contributed by atoms with Crippen LogP contribution in [-0.2, 0) is 11.3 Å². The van der Waals surface area contributed by atoms with Crippen LogP contribution >= 0.6 is 0 Å². The zero-order valence-corrected chi connectivity index (χ0v) is 25.1. The number of carboxylic acids is 1. The lowest BCUT2D eigenvalue weighted by Crippen LogP contribution is -2.43. The number of rotatable bonds is 9. The molecule has 1 amide bonds. The van der Waals surface area contributed by atoms with Gasteiger partial charge in [-0.25, -0.2) is 14.8 Å². The fourth-order valence-electron chi connectivity index (χ4n) is 5.13. The van der Waals surface area contributed by atoms with Crippen molar-refractivity contribution in [3.8, 4) is 11.3 Å². The van der Waals surface area contributed by atoms with E-state index in [0.717, 1.165) is 49.5 Å². The first-order valence-electron chi connectivity index (χ1n) is 14.6. The van der Waals surface area contributed by atoms with Gasteiger partial charge < -0.3 is 20.6 Å². The summed E-state index contributed by atoms with van der Waals surface area (Å²) in [5.41, 5.74) is 6.66. The van der Waals surface area contributed by atoms with Crippen molar-refractivity contribution in [2.45, 2.75) is 19.9 Å². The molecule has 0 saturated carbocycles. The Morgan fingerprint density at radius 1 is 0.933 bits per heavy atom. The second-order valence-electron chi connectivity index (χ2n) is 11.2. The molecular formula is C33H33N9O3. The quantitative estimate of drug-likeness (QED) is 0.256. The average molecular weight is 604 g/mol. The molecule has 4 heterocycles. The number of carboxylic acid groups (broad SMARTS) is 1. The van der Waals surface area contributed by atoms with Crippen LogP contribution < -0.4 is 10.6 Å². The zero-order chi connectivity index (χ0) is 31.3. The highest BCUT2D eigenvalue weighted by atomic mass is 16.4. The highest BCUT2D eigenvalue weighted by Gasteiger charge is 2.21. The van der Waals surface area contributed by atoms with Gasteiger partial charge in [0.05, 0.1) is 11.4 Å². The second-order valence-corrected chi connectivity index (χ2v) is 11.2. The summed E-state index contributed by atoms with van der Waals surface area (Å²) in [5, 5.41) is 23.2. The van der Waals surface area contributed by atoms with Crippen LogP contribution in [0.4, 0.5) is 17.3 Å². The summed E-state index contributed by atoms with van der Waals surface area (Å²) in [6.07, 6.45) is 5.06. The van der Waals surface area contributed by atoms with E-state index in [2.05, 4.69) is 52.6 Å². The third-order valence-electron chi connectivity index (χ3n) is 7.86. The number of nitrogens with zero attached hydrogens (tertiary/aromatic N) is 7. The number of aliphatic carboxylic acids is 1. The first-order chi connectivity index (χ1) is 21.8. The normalized spacial score (nSPS) is 15.3. The molecule has 4 aromatic rings. The Bertz CT molecular complexity index is 1800. The maximum atomic E-state index is 13.1. The first kappa shape index (κ1) is 29.7. The van der Waals surface area contributed by atoms with Crippen LogP contribution in [0, 0.1) is 6.92 Å². The third-order valence-corrected chi connectivity index (χ3v) is 7.86. The van der Waals surface area contributed by atoms with E-state index in [0.29, 0.717) is 34.2 Å². The Labute approximate surface area is 260 Å². The highest BCUT2D eigenvalue weighted by molar-refractivity contribution is 6.41. The molecule has 2 aromatic heterocycles. The molecule has 45 heavy (non-hydrogen) atoms. The molecule has 0 bridgehead atoms. The number of anilines is 3. The molecule has 12 nitrogen and oxygen atoms in total. The van der Waals surface area contributed by atoms with Crippen LogP contribution in [0.2, 0.25) is 0 Å². The maximum absolute atomic E-state index is 13.1. The van der Waals surface area contributed by atoms with Gasteiger partial charge in [-0.2, -0.15) is 5.10 Å². The molecule has 0 aliphatic carbocycles. The molecule has 3 N–H and O–H groups in total. The number of aromatic nitrogens is 3. The minimum absolute atomic E-state index is 0.00709. The largest absolute Gasteiger partial charge is 0.477 e. The van der Waals surface area contributed by atoms with Gasteiger partial charge >= 0.3 is 5.97 Å². The summed E-state index contributed by atoms with van der Waals surface area (Å²) in [7, 11) is 2.15. The lowest BCUT2D eigenvalue weighted by atomic mass is 10.0. The van der Waals surface area contributed by atoms with Gasteiger partial charge in [0.15, 0.2) is 5.71 Å². The topological polar surface area (TPSA) is 148 Å². The lowest BCUT2D eigenvalue weighted by Gasteiger charge is -2.32. The summed E-state index contributed by atoms with van der Waals surface area (Å²) in [4.78, 5) is 42.4. The Balaban J connectivity index is 1.11. The zero-order valence-electron chi connectivity index (χ0n) is 25.1. The summed E-state index contributed by atoms with van der Waals surface area (Å²) in [5.74, 6) is -0.904. The number of piperazine rings is 1. The molecule has 12 heteroatoms. The van der Waals surface area contributed by atoms with Gasteiger partial charge in [-0.1, -0.05) is 18.2 Å². The van der Waals surface area contributed by atoms with Gasteiger partial charge in [0, 0.05) is 85.8 Å². The highest BCUT2D eigenvalue weighted by Crippen LogP contribution is 2.25. The number of carbonyl (C=O) groups is 2. The van der Waals surface area contributed by atoms with E-state index < -0.39 is 5.97 Å². The Kier molecular flexibility index (Phi) is 8.67. The number of hydrogen-bond donors (Lipinski definition) is 3. The van der Waals surface area contributed by atoms with Gasteiger partial charge in [-0.15, -0.1) is 5.10 Å². The van der Waals surface area contributed by atoms with Crippen LogP contribution in [0.3, 0.4) is 0 Å². The Morgan fingerprint density at radius 3 is 2.47 bits per heavy atom. The van der Waals surface area contributed by atoms with Crippen LogP contribution in [-0.4, -0.2) is 86.4 Å². The van der Waals surface area contributed by atoms with Crippen LogP contribution in [0.25, 0.3) is 11.3 Å². The van der Waals surface area contributed by atoms with Crippen LogP contribution in [0.5, 0.6) is 0 Å². The van der Waals surface area contributed by atoms with Crippen molar-refractivity contribution >= 4 is 40.6 Å². The first-order valence-corrected chi connectivity index (χ1v) is 14.6. The molecule has 1 saturated heterocycles. The van der Waals surface area contributed by atoms with Crippen LogP contribution in [0.1, 0.15) is 33.5 Å². The second kappa shape index (κ2) is 13.1. The van der Waals surface area contributed by atoms with Crippen molar-refractivity contribution in [1.82, 2.24) is 24.8 Å². The fraction of sp³-hybridized carbons (Fsp3) is 0.242. The fourth-order valence-corrected chi connectivity index (χ4v) is 5.13. The maximum Gasteiger partial charge on any atom is 0.352 e. The van der Waals surface area contributed by atoms with E-state index in [-0.39, 0.29) is 18.0 Å². The van der Waals surface area contributed by atoms with Gasteiger partial charge in [-0.05, 0) is 61.5 Å². The van der Waals surface area contributed by atoms with Crippen LogP contribution in [0.15, 0.2) is 83.4 Å². The van der Waals surface area contributed by atoms with Crippen molar-refractivity contribution in [3.63, 3.8) is 0 Å². The van der Waals surface area contributed by atoms with Crippen molar-refractivity contribution in [2.75, 3.05) is 43.9 Å². The van der Waals surface area contributed by atoms with Gasteiger partial charge in [0.25, 0.3) is 5.91 Å². The molecule has 228 valence electrons. The van der Waals surface area contributed by atoms with Crippen molar-refractivity contribution in [2.24, 2.45) is 10.2 Å². The molecule has 2 aliphatic heterocycles. The van der Waals surface area contributed by atoms with Crippen molar-refractivity contribution in [1.29, 1.82) is 0 Å². The number of likely N-dealkylation sites (N-methyl/N-ethyl adjacent to an activating group) is 1. The number of carbonyl (C=O) groups excluding carboxylic acids is 1. The smallest absolute Gasteiger partial charge is 0.352 e. The van der Waals surface area contributed by atoms with Crippen molar-refractivity contribution in [3.05, 3.63) is 95.4 Å². The minimum Gasteiger partial charge on any atom is -0.477 e. The lowest BCUT2D eigenvalue weighted by molar-refractivity contribution is -0.129. The average Bonchev–Trinajstić information content (AvgIpc) is 3.56. The molecule has 0 radical (unpaired) electrons. The summed E-state index contributed by atoms with van der Waals surface area (Å²) < 4.78 is 0. The molecule has 2 aromatic carbocycles. The van der Waals surface area contributed by atoms with E-state index in [1.807, 2.05) is 55.5 Å². The number of pyridine rings is 1. The molecule has 0 spiro atoms. The predicted octanol–water partition coefficient (Wildman–Crippen LogP) is 4.22. The Hall–Kier alpha value is -5.33. The molecule has 6 rings (SSSR count). The monoisotopic (exact) mass is 603 g/mol. The van der Waals surface area contributed by atoms with E-state index >= 15 is 0 Å². The predicted molar refractivity (Wildman–Crippen MR) is 173 cm³/mol. The number of nitrogens with one attached hydrogen (secondary N) is 2. The number of aryl methyl sites for hydroxylation is 1. The van der Waals surface area contributed by atoms with E-state index in [1.165, 1.54) is 5.56 Å². The molecule has 0 unspecified atom stereocenters. The number of amides is 1. The standard InChI is InChI=1S/C33H33N9O3/c1-21-3-8-26(36-31(43)23-6-4-22(5-7-23)20-42-13-11-41(2)12-14-42)16-28(21)38-33-35-10-9-27(37-33)24-15-25(19-34-18-24)29-17-30(32(44)45)40-39-29/h3-10,15-16,18-19H,11-14,17,20H2,1-2H3,(H,36,43)(H,44,45)(H,35,37,38). The summed E-state index contributed by atoms with van der Waals surface area (Å²) >= 11 is 0. The van der Waals surface area contributed by atoms with Gasteiger partial charge in [0.1, 0.15) is 0 Å². The molecule has 1 fully saturated rings. The number of benzene rings is 2. The summed E-state index contributed by atoms with van der Waals surface area (Å²) in [6.45, 7) is 7.07. The SMILES string of the molecule is Cc1ccc(NC(=O)c2ccc(CN3CCN(C)CC3)cc2)cc1Nc1nccc(-c2cncc(C3=NN=C(C(=O)O)C3)c2)n1. The van der Waals surface area contributed by atoms with E-state index in [1.54, 1.807) is 24.7 Å². The van der Waals surface area contributed by atoms with E-state index in [4.69, 9.17) is 0 Å². The molecule has 2 aliphatic rings. The van der Waals surface area contributed by atoms with Gasteiger partial charge in [0.2, 0.25) is 5.95 Å². The Morgan fingerprint density at radius 2 is 1.71 bits per heavy atom. The summed E-state index contributed by atoms with van der Waals surface area (Å²) in [6, 6.07) is 17.0. The third kappa shape index (κ3) is 7.25. The molecular weight excluding hydrogens is 570 g/mol. The number of hydrogen-bond acceptors (Lipinski definition) is 10. The minimum atomic E-state index is -1.09. The van der Waals surface area contributed by atoms with E-state index in [9.17, 15) is 14.7 Å². The molecule has 0 atom stereocenters.